The van der Waals surface area contributed by atoms with Crippen molar-refractivity contribution >= 4 is 11.7 Å². The highest BCUT2D eigenvalue weighted by Crippen LogP contribution is 2.36. The summed E-state index contributed by atoms with van der Waals surface area (Å²) in [6, 6.07) is 8.12. The SMILES string of the molecule is CCOC(=O)C1(Nc2ccccc2C)CCCC(C)C1. The molecule has 1 aliphatic rings. The number of carbonyl (C=O) groups is 1. The molecular weight excluding hydrogens is 250 g/mol. The number of rotatable bonds is 4. The first-order valence-corrected chi connectivity index (χ1v) is 7.58. The highest BCUT2D eigenvalue weighted by atomic mass is 16.5. The van der Waals surface area contributed by atoms with Gasteiger partial charge in [-0.05, 0) is 44.2 Å². The lowest BCUT2D eigenvalue weighted by Gasteiger charge is -2.39. The summed E-state index contributed by atoms with van der Waals surface area (Å²) in [7, 11) is 0. The number of ether oxygens (including phenoxy) is 1. The number of hydrogen-bond acceptors (Lipinski definition) is 3. The summed E-state index contributed by atoms with van der Waals surface area (Å²) in [6.07, 6.45) is 3.96. The molecular formula is C17H25NO2. The second-order valence-corrected chi connectivity index (χ2v) is 5.94. The Hall–Kier alpha value is -1.51. The van der Waals surface area contributed by atoms with E-state index in [1.165, 1.54) is 6.42 Å². The van der Waals surface area contributed by atoms with Gasteiger partial charge in [-0.25, -0.2) is 4.79 Å². The van der Waals surface area contributed by atoms with Gasteiger partial charge in [0.05, 0.1) is 6.61 Å². The van der Waals surface area contributed by atoms with Crippen molar-refractivity contribution in [3.8, 4) is 0 Å². The Kier molecular flexibility index (Phi) is 4.69. The molecule has 0 amide bonds. The molecule has 3 nitrogen and oxygen atoms in total. The van der Waals surface area contributed by atoms with E-state index in [0.29, 0.717) is 12.5 Å². The molecule has 110 valence electrons. The van der Waals surface area contributed by atoms with E-state index in [1.54, 1.807) is 0 Å². The Labute approximate surface area is 121 Å². The van der Waals surface area contributed by atoms with E-state index in [0.717, 1.165) is 30.5 Å². The maximum Gasteiger partial charge on any atom is 0.331 e. The lowest BCUT2D eigenvalue weighted by atomic mass is 9.76. The molecule has 2 rings (SSSR count). The molecule has 0 saturated heterocycles. The Bertz CT molecular complexity index is 472. The number of anilines is 1. The van der Waals surface area contributed by atoms with Crippen LogP contribution < -0.4 is 5.32 Å². The van der Waals surface area contributed by atoms with E-state index in [2.05, 4.69) is 25.2 Å². The van der Waals surface area contributed by atoms with Crippen molar-refractivity contribution < 1.29 is 9.53 Å². The third-order valence-corrected chi connectivity index (χ3v) is 4.18. The number of nitrogens with one attached hydrogen (secondary N) is 1. The van der Waals surface area contributed by atoms with Gasteiger partial charge >= 0.3 is 5.97 Å². The van der Waals surface area contributed by atoms with Crippen LogP contribution in [0.1, 0.15) is 45.1 Å². The van der Waals surface area contributed by atoms with Gasteiger partial charge in [0.15, 0.2) is 0 Å². The van der Waals surface area contributed by atoms with Crippen LogP contribution in [0.15, 0.2) is 24.3 Å². The van der Waals surface area contributed by atoms with Crippen LogP contribution in [0.4, 0.5) is 5.69 Å². The van der Waals surface area contributed by atoms with Crippen molar-refractivity contribution in [2.24, 2.45) is 5.92 Å². The number of hydrogen-bond donors (Lipinski definition) is 1. The zero-order chi connectivity index (χ0) is 14.6. The largest absolute Gasteiger partial charge is 0.464 e. The molecule has 20 heavy (non-hydrogen) atoms. The molecule has 1 N–H and O–H groups in total. The molecule has 2 unspecified atom stereocenters. The van der Waals surface area contributed by atoms with Gasteiger partial charge in [0, 0.05) is 5.69 Å². The third-order valence-electron chi connectivity index (χ3n) is 4.18. The molecule has 3 heteroatoms. The minimum atomic E-state index is -0.556. The van der Waals surface area contributed by atoms with Crippen LogP contribution in [0.2, 0.25) is 0 Å². The van der Waals surface area contributed by atoms with Crippen LogP contribution in [0.25, 0.3) is 0 Å². The number of para-hydroxylation sites is 1. The van der Waals surface area contributed by atoms with Crippen molar-refractivity contribution in [1.29, 1.82) is 0 Å². The highest BCUT2D eigenvalue weighted by Gasteiger charge is 2.43. The molecule has 0 radical (unpaired) electrons. The van der Waals surface area contributed by atoms with Gasteiger partial charge in [0.1, 0.15) is 5.54 Å². The number of esters is 1. The molecule has 1 fully saturated rings. The van der Waals surface area contributed by atoms with Gasteiger partial charge in [-0.1, -0.05) is 38.0 Å². The van der Waals surface area contributed by atoms with E-state index in [1.807, 2.05) is 25.1 Å². The fraction of sp³-hybridized carbons (Fsp3) is 0.588. The maximum absolute atomic E-state index is 12.5. The molecule has 0 spiro atoms. The standard InChI is InChI=1S/C17H25NO2/c1-4-20-16(19)17(11-7-8-13(2)12-17)18-15-10-6-5-9-14(15)3/h5-6,9-10,13,18H,4,7-8,11-12H2,1-3H3. The quantitative estimate of drug-likeness (QED) is 0.846. The topological polar surface area (TPSA) is 38.3 Å². The Morgan fingerprint density at radius 3 is 2.85 bits per heavy atom. The summed E-state index contributed by atoms with van der Waals surface area (Å²) in [6.45, 7) is 6.58. The fourth-order valence-electron chi connectivity index (χ4n) is 3.14. The molecule has 0 heterocycles. The predicted octanol–water partition coefficient (Wildman–Crippen LogP) is 3.92. The van der Waals surface area contributed by atoms with Gasteiger partial charge < -0.3 is 10.1 Å². The Morgan fingerprint density at radius 2 is 2.20 bits per heavy atom. The smallest absolute Gasteiger partial charge is 0.331 e. The zero-order valence-corrected chi connectivity index (χ0v) is 12.7. The normalized spacial score (nSPS) is 26.1. The molecule has 1 saturated carbocycles. The van der Waals surface area contributed by atoms with Crippen molar-refractivity contribution in [2.75, 3.05) is 11.9 Å². The molecule has 1 aromatic rings. The fourth-order valence-corrected chi connectivity index (χ4v) is 3.14. The molecule has 0 aromatic heterocycles. The van der Waals surface area contributed by atoms with Crippen molar-refractivity contribution in [1.82, 2.24) is 0 Å². The minimum Gasteiger partial charge on any atom is -0.464 e. The second kappa shape index (κ2) is 6.29. The summed E-state index contributed by atoms with van der Waals surface area (Å²) in [5, 5.41) is 3.50. The van der Waals surface area contributed by atoms with Crippen molar-refractivity contribution in [3.05, 3.63) is 29.8 Å². The van der Waals surface area contributed by atoms with E-state index < -0.39 is 5.54 Å². The van der Waals surface area contributed by atoms with E-state index in [-0.39, 0.29) is 5.97 Å². The molecule has 2 atom stereocenters. The van der Waals surface area contributed by atoms with Crippen LogP contribution in [0, 0.1) is 12.8 Å². The number of carbonyl (C=O) groups excluding carboxylic acids is 1. The summed E-state index contributed by atoms with van der Waals surface area (Å²) in [4.78, 5) is 12.5. The Balaban J connectivity index is 2.27. The summed E-state index contributed by atoms with van der Waals surface area (Å²) in [5.41, 5.74) is 1.64. The lowest BCUT2D eigenvalue weighted by molar-refractivity contribution is -0.150. The molecule has 0 aliphatic heterocycles. The number of aryl methyl sites for hydroxylation is 1. The van der Waals surface area contributed by atoms with Gasteiger partial charge in [-0.3, -0.25) is 0 Å². The average molecular weight is 275 g/mol. The second-order valence-electron chi connectivity index (χ2n) is 5.94. The van der Waals surface area contributed by atoms with Gasteiger partial charge in [-0.15, -0.1) is 0 Å². The molecule has 0 bridgehead atoms. The monoisotopic (exact) mass is 275 g/mol. The van der Waals surface area contributed by atoms with Crippen molar-refractivity contribution in [2.45, 2.75) is 52.0 Å². The van der Waals surface area contributed by atoms with Crippen LogP contribution in [-0.4, -0.2) is 18.1 Å². The number of benzene rings is 1. The average Bonchev–Trinajstić information content (AvgIpc) is 2.42. The first-order valence-electron chi connectivity index (χ1n) is 7.58. The predicted molar refractivity (Wildman–Crippen MR) is 81.8 cm³/mol. The van der Waals surface area contributed by atoms with Crippen LogP contribution in [-0.2, 0) is 9.53 Å². The summed E-state index contributed by atoms with van der Waals surface area (Å²) in [5.74, 6) is 0.444. The zero-order valence-electron chi connectivity index (χ0n) is 12.7. The third kappa shape index (κ3) is 3.14. The van der Waals surface area contributed by atoms with Gasteiger partial charge in [0.2, 0.25) is 0 Å². The molecule has 1 aliphatic carbocycles. The molecule has 1 aromatic carbocycles. The van der Waals surface area contributed by atoms with E-state index in [4.69, 9.17) is 4.74 Å². The van der Waals surface area contributed by atoms with Crippen LogP contribution in [0.3, 0.4) is 0 Å². The van der Waals surface area contributed by atoms with E-state index in [9.17, 15) is 4.79 Å². The minimum absolute atomic E-state index is 0.102. The van der Waals surface area contributed by atoms with Crippen molar-refractivity contribution in [3.63, 3.8) is 0 Å². The highest BCUT2D eigenvalue weighted by molar-refractivity contribution is 5.85. The summed E-state index contributed by atoms with van der Waals surface area (Å²) >= 11 is 0. The summed E-state index contributed by atoms with van der Waals surface area (Å²) < 4.78 is 5.34. The maximum atomic E-state index is 12.5. The van der Waals surface area contributed by atoms with Crippen LogP contribution in [0.5, 0.6) is 0 Å². The van der Waals surface area contributed by atoms with Crippen LogP contribution >= 0.6 is 0 Å². The first kappa shape index (κ1) is 14.9. The first-order chi connectivity index (χ1) is 9.57. The van der Waals surface area contributed by atoms with E-state index >= 15 is 0 Å². The van der Waals surface area contributed by atoms with Gasteiger partial charge in [-0.2, -0.15) is 0 Å². The van der Waals surface area contributed by atoms with Gasteiger partial charge in [0.25, 0.3) is 0 Å². The Morgan fingerprint density at radius 1 is 1.45 bits per heavy atom. The lowest BCUT2D eigenvalue weighted by Crippen LogP contribution is -2.50.